The van der Waals surface area contributed by atoms with Gasteiger partial charge in [-0.25, -0.2) is 8.42 Å². The normalized spacial score (nSPS) is 18.8. The molecule has 0 saturated carbocycles. The summed E-state index contributed by atoms with van der Waals surface area (Å²) >= 11 is 11.8. The van der Waals surface area contributed by atoms with Crippen molar-refractivity contribution in [2.24, 2.45) is 0 Å². The van der Waals surface area contributed by atoms with Crippen LogP contribution < -0.4 is 4.74 Å². The number of rotatable bonds is 5. The molecule has 2 aromatic rings. The van der Waals surface area contributed by atoms with Gasteiger partial charge in [-0.05, 0) is 38.5 Å². The van der Waals surface area contributed by atoms with Gasteiger partial charge >= 0.3 is 0 Å². The minimum atomic E-state index is -3.00. The van der Waals surface area contributed by atoms with Crippen LogP contribution in [0.5, 0.6) is 5.75 Å². The lowest BCUT2D eigenvalue weighted by Gasteiger charge is -2.16. The number of sulfone groups is 1. The van der Waals surface area contributed by atoms with E-state index in [0.29, 0.717) is 27.8 Å². The fourth-order valence-electron chi connectivity index (χ4n) is 3.39. The lowest BCUT2D eigenvalue weighted by atomic mass is 10.1. The van der Waals surface area contributed by atoms with Crippen molar-refractivity contribution in [1.82, 2.24) is 4.57 Å². The smallest absolute Gasteiger partial charge is 0.202 e. The van der Waals surface area contributed by atoms with Gasteiger partial charge < -0.3 is 9.30 Å². The molecule has 0 spiro atoms. The van der Waals surface area contributed by atoms with Gasteiger partial charge in [0.2, 0.25) is 5.78 Å². The zero-order valence-corrected chi connectivity index (χ0v) is 16.8. The van der Waals surface area contributed by atoms with E-state index in [1.165, 1.54) is 0 Å². The average molecular weight is 416 g/mol. The Morgan fingerprint density at radius 3 is 2.58 bits per heavy atom. The Hall–Kier alpha value is -1.50. The van der Waals surface area contributed by atoms with Gasteiger partial charge in [0.15, 0.2) is 16.4 Å². The average Bonchev–Trinajstić information content (AvgIpc) is 3.07. The van der Waals surface area contributed by atoms with Crippen LogP contribution in [-0.2, 0) is 9.84 Å². The number of halogens is 2. The van der Waals surface area contributed by atoms with Crippen LogP contribution in [0.2, 0.25) is 10.0 Å². The summed E-state index contributed by atoms with van der Waals surface area (Å²) in [5.41, 5.74) is 2.20. The number of Topliss-reactive ketones (excluding diaryl/α,β-unsaturated/α-hetero) is 1. The molecule has 1 atom stereocenters. The van der Waals surface area contributed by atoms with Crippen LogP contribution in [0.15, 0.2) is 24.3 Å². The first-order valence-corrected chi connectivity index (χ1v) is 10.8. The maximum Gasteiger partial charge on any atom is 0.202 e. The highest BCUT2D eigenvalue weighted by molar-refractivity contribution is 7.91. The van der Waals surface area contributed by atoms with Gasteiger partial charge in [0, 0.05) is 29.1 Å². The molecule has 1 saturated heterocycles. The number of nitrogens with zero attached hydrogens (tertiary/aromatic N) is 1. The standard InChI is InChI=1S/C18H19Cl2NO4S/c1-11-7-15(12(2)21(11)13-5-6-26(23,24)10-13)18(22)9-25-14-3-4-16(19)17(20)8-14/h3-4,7-8,13H,5-6,9-10H2,1-2H3/t13-/m1/s1. The van der Waals surface area contributed by atoms with Gasteiger partial charge in [0.1, 0.15) is 5.75 Å². The molecule has 1 fully saturated rings. The van der Waals surface area contributed by atoms with Gasteiger partial charge in [-0.1, -0.05) is 23.2 Å². The maximum atomic E-state index is 12.6. The van der Waals surface area contributed by atoms with E-state index in [9.17, 15) is 13.2 Å². The zero-order chi connectivity index (χ0) is 19.1. The molecule has 0 amide bonds. The third-order valence-corrected chi connectivity index (χ3v) is 7.11. The fourth-order valence-corrected chi connectivity index (χ4v) is 5.38. The minimum absolute atomic E-state index is 0.113. The van der Waals surface area contributed by atoms with E-state index >= 15 is 0 Å². The predicted octanol–water partition coefficient (Wildman–Crippen LogP) is 4.03. The first kappa shape index (κ1) is 19.3. The summed E-state index contributed by atoms with van der Waals surface area (Å²) in [6.07, 6.45) is 0.575. The van der Waals surface area contributed by atoms with Crippen molar-refractivity contribution in [3.05, 3.63) is 51.3 Å². The summed E-state index contributed by atoms with van der Waals surface area (Å²) in [5, 5.41) is 0.776. The number of carbonyl (C=O) groups excluding carboxylic acids is 1. The SMILES string of the molecule is Cc1cc(C(=O)COc2ccc(Cl)c(Cl)c2)c(C)n1[C@@H]1CCS(=O)(=O)C1. The molecule has 1 aromatic heterocycles. The number of benzene rings is 1. The molecular weight excluding hydrogens is 397 g/mol. The van der Waals surface area contributed by atoms with Crippen molar-refractivity contribution >= 4 is 38.8 Å². The minimum Gasteiger partial charge on any atom is -0.485 e. The first-order valence-electron chi connectivity index (χ1n) is 8.18. The van der Waals surface area contributed by atoms with E-state index in [1.54, 1.807) is 24.3 Å². The Bertz CT molecular complexity index is 966. The van der Waals surface area contributed by atoms with Gasteiger partial charge in [0.25, 0.3) is 0 Å². The van der Waals surface area contributed by atoms with Crippen molar-refractivity contribution in [3.8, 4) is 5.75 Å². The van der Waals surface area contributed by atoms with Crippen LogP contribution in [-0.4, -0.2) is 36.9 Å². The molecule has 8 heteroatoms. The number of aromatic nitrogens is 1. The van der Waals surface area contributed by atoms with Crippen molar-refractivity contribution in [3.63, 3.8) is 0 Å². The topological polar surface area (TPSA) is 65.4 Å². The lowest BCUT2D eigenvalue weighted by molar-refractivity contribution is 0.0920. The Morgan fingerprint density at radius 2 is 1.96 bits per heavy atom. The van der Waals surface area contributed by atoms with Crippen molar-refractivity contribution in [1.29, 1.82) is 0 Å². The fraction of sp³-hybridized carbons (Fsp3) is 0.389. The van der Waals surface area contributed by atoms with E-state index in [4.69, 9.17) is 27.9 Å². The second kappa shape index (κ2) is 7.25. The van der Waals surface area contributed by atoms with Gasteiger partial charge in [-0.3, -0.25) is 4.79 Å². The lowest BCUT2D eigenvalue weighted by Crippen LogP contribution is -2.16. The van der Waals surface area contributed by atoms with Crippen molar-refractivity contribution in [2.45, 2.75) is 26.3 Å². The van der Waals surface area contributed by atoms with Crippen LogP contribution >= 0.6 is 23.2 Å². The number of ether oxygens (including phenoxy) is 1. The first-order chi connectivity index (χ1) is 12.2. The number of aryl methyl sites for hydroxylation is 1. The van der Waals surface area contributed by atoms with Gasteiger partial charge in [-0.15, -0.1) is 0 Å². The molecule has 0 N–H and O–H groups in total. The molecule has 2 heterocycles. The van der Waals surface area contributed by atoms with Crippen LogP contribution in [0.3, 0.4) is 0 Å². The number of carbonyl (C=O) groups is 1. The summed E-state index contributed by atoms with van der Waals surface area (Å²) in [6.45, 7) is 3.59. The van der Waals surface area contributed by atoms with Crippen LogP contribution in [0, 0.1) is 13.8 Å². The second-order valence-corrected chi connectivity index (χ2v) is 9.54. The number of hydrogen-bond acceptors (Lipinski definition) is 4. The summed E-state index contributed by atoms with van der Waals surface area (Å²) in [4.78, 5) is 12.6. The molecule has 26 heavy (non-hydrogen) atoms. The number of ketones is 1. The Labute approximate surface area is 162 Å². The molecule has 0 aliphatic carbocycles. The third-order valence-electron chi connectivity index (χ3n) is 4.62. The molecule has 1 aliphatic heterocycles. The van der Waals surface area contributed by atoms with Gasteiger partial charge in [-0.2, -0.15) is 0 Å². The largest absolute Gasteiger partial charge is 0.485 e. The third kappa shape index (κ3) is 3.92. The molecular formula is C18H19Cl2NO4S. The van der Waals surface area contributed by atoms with E-state index in [1.807, 2.05) is 18.4 Å². The van der Waals surface area contributed by atoms with E-state index in [2.05, 4.69) is 0 Å². The Morgan fingerprint density at radius 1 is 1.23 bits per heavy atom. The number of hydrogen-bond donors (Lipinski definition) is 0. The van der Waals surface area contributed by atoms with Crippen molar-refractivity contribution < 1.29 is 17.9 Å². The monoisotopic (exact) mass is 415 g/mol. The highest BCUT2D eigenvalue weighted by atomic mass is 35.5. The highest BCUT2D eigenvalue weighted by Gasteiger charge is 2.31. The predicted molar refractivity (Wildman–Crippen MR) is 103 cm³/mol. The second-order valence-electron chi connectivity index (χ2n) is 6.50. The summed E-state index contributed by atoms with van der Waals surface area (Å²) < 4.78 is 31.0. The van der Waals surface area contributed by atoms with E-state index in [-0.39, 0.29) is 29.9 Å². The summed E-state index contributed by atoms with van der Waals surface area (Å²) in [7, 11) is -3.00. The summed E-state index contributed by atoms with van der Waals surface area (Å²) in [6, 6.07) is 6.49. The quantitative estimate of drug-likeness (QED) is 0.691. The van der Waals surface area contributed by atoms with Gasteiger partial charge in [0.05, 0.1) is 21.6 Å². The molecule has 0 unspecified atom stereocenters. The van der Waals surface area contributed by atoms with E-state index < -0.39 is 9.84 Å². The summed E-state index contributed by atoms with van der Waals surface area (Å²) in [5.74, 6) is 0.606. The Balaban J connectivity index is 1.76. The highest BCUT2D eigenvalue weighted by Crippen LogP contribution is 2.30. The van der Waals surface area contributed by atoms with Crippen LogP contribution in [0.4, 0.5) is 0 Å². The maximum absolute atomic E-state index is 12.6. The molecule has 140 valence electrons. The molecule has 5 nitrogen and oxygen atoms in total. The van der Waals surface area contributed by atoms with E-state index in [0.717, 1.165) is 11.4 Å². The van der Waals surface area contributed by atoms with Crippen LogP contribution in [0.25, 0.3) is 0 Å². The van der Waals surface area contributed by atoms with Crippen LogP contribution in [0.1, 0.15) is 34.2 Å². The molecule has 1 aromatic carbocycles. The Kier molecular flexibility index (Phi) is 5.37. The zero-order valence-electron chi connectivity index (χ0n) is 14.5. The molecule has 1 aliphatic rings. The molecule has 3 rings (SSSR count). The molecule has 0 radical (unpaired) electrons. The van der Waals surface area contributed by atoms with Crippen molar-refractivity contribution in [2.75, 3.05) is 18.1 Å². The molecule has 0 bridgehead atoms.